The molecule has 3 rings (SSSR count). The quantitative estimate of drug-likeness (QED) is 0.778. The minimum Gasteiger partial charge on any atom is -0.369 e. The Hall–Kier alpha value is -1.46. The summed E-state index contributed by atoms with van der Waals surface area (Å²) in [4.78, 5) is 18.5. The molecule has 0 radical (unpaired) electrons. The number of hydrogen-bond donors (Lipinski definition) is 0. The van der Waals surface area contributed by atoms with E-state index in [1.54, 1.807) is 19.1 Å². The zero-order valence-electron chi connectivity index (χ0n) is 16.2. The molecule has 144 valence electrons. The van der Waals surface area contributed by atoms with Gasteiger partial charge >= 0.3 is 0 Å². The number of rotatable bonds is 6. The summed E-state index contributed by atoms with van der Waals surface area (Å²) in [7, 11) is 0. The Labute approximate surface area is 157 Å². The predicted molar refractivity (Wildman–Crippen MR) is 104 cm³/mol. The Balaban J connectivity index is 1.38. The Bertz CT molecular complexity index is 605. The number of Topliss-reactive ketones (excluding diaryl/α,β-unsaturated/α-hetero) is 1. The average molecular weight is 362 g/mol. The van der Waals surface area contributed by atoms with Crippen LogP contribution in [0.1, 0.15) is 31.7 Å². The number of piperidine rings is 1. The van der Waals surface area contributed by atoms with E-state index in [2.05, 4.69) is 14.7 Å². The third kappa shape index (κ3) is 5.27. The van der Waals surface area contributed by atoms with Gasteiger partial charge in [0.05, 0.1) is 6.54 Å². The molecular formula is C21H32FN3O. The van der Waals surface area contributed by atoms with Crippen molar-refractivity contribution >= 4 is 11.5 Å². The van der Waals surface area contributed by atoms with E-state index in [1.165, 1.54) is 31.5 Å². The SMILES string of the molecule is CC(=O)CN1CCC(CCN2CCN(c3ccc(F)cc3C)CC2)CC1. The van der Waals surface area contributed by atoms with Gasteiger partial charge in [0.15, 0.2) is 0 Å². The third-order valence-electron chi connectivity index (χ3n) is 5.88. The second kappa shape index (κ2) is 8.96. The Morgan fingerprint density at radius 3 is 2.38 bits per heavy atom. The third-order valence-corrected chi connectivity index (χ3v) is 5.88. The largest absolute Gasteiger partial charge is 0.369 e. The number of aryl methyl sites for hydroxylation is 1. The van der Waals surface area contributed by atoms with Gasteiger partial charge < -0.3 is 4.90 Å². The monoisotopic (exact) mass is 361 g/mol. The molecule has 2 fully saturated rings. The lowest BCUT2D eigenvalue weighted by molar-refractivity contribution is -0.118. The van der Waals surface area contributed by atoms with Crippen molar-refractivity contribution in [2.24, 2.45) is 5.92 Å². The van der Waals surface area contributed by atoms with Gasteiger partial charge in [-0.05, 0) is 82.4 Å². The van der Waals surface area contributed by atoms with Crippen molar-refractivity contribution in [2.45, 2.75) is 33.1 Å². The van der Waals surface area contributed by atoms with Gasteiger partial charge in [0.2, 0.25) is 0 Å². The summed E-state index contributed by atoms with van der Waals surface area (Å²) in [6, 6.07) is 5.10. The molecule has 2 heterocycles. The molecule has 0 aliphatic carbocycles. The second-order valence-corrected chi connectivity index (χ2v) is 7.97. The molecule has 0 spiro atoms. The molecule has 0 saturated carbocycles. The van der Waals surface area contributed by atoms with E-state index < -0.39 is 0 Å². The highest BCUT2D eigenvalue weighted by molar-refractivity contribution is 5.77. The number of ketones is 1. The summed E-state index contributed by atoms with van der Waals surface area (Å²) in [5, 5.41) is 0. The number of hydrogen-bond acceptors (Lipinski definition) is 4. The summed E-state index contributed by atoms with van der Waals surface area (Å²) >= 11 is 0. The summed E-state index contributed by atoms with van der Waals surface area (Å²) in [6.45, 7) is 11.8. The lowest BCUT2D eigenvalue weighted by Gasteiger charge is -2.38. The Morgan fingerprint density at radius 2 is 1.77 bits per heavy atom. The zero-order valence-corrected chi connectivity index (χ0v) is 16.2. The number of anilines is 1. The molecule has 2 aliphatic heterocycles. The second-order valence-electron chi connectivity index (χ2n) is 7.97. The molecule has 2 saturated heterocycles. The van der Waals surface area contributed by atoms with Crippen LogP contribution in [0.2, 0.25) is 0 Å². The number of likely N-dealkylation sites (tertiary alicyclic amines) is 1. The minimum atomic E-state index is -0.153. The van der Waals surface area contributed by atoms with Gasteiger partial charge in [-0.15, -0.1) is 0 Å². The van der Waals surface area contributed by atoms with Crippen LogP contribution in [-0.2, 0) is 4.79 Å². The molecule has 0 unspecified atom stereocenters. The number of carbonyl (C=O) groups is 1. The fraction of sp³-hybridized carbons (Fsp3) is 0.667. The van der Waals surface area contributed by atoms with Crippen LogP contribution in [-0.4, -0.2) is 67.9 Å². The smallest absolute Gasteiger partial charge is 0.143 e. The summed E-state index contributed by atoms with van der Waals surface area (Å²) in [5.74, 6) is 0.924. The van der Waals surface area contributed by atoms with Crippen molar-refractivity contribution in [3.8, 4) is 0 Å². The van der Waals surface area contributed by atoms with Gasteiger partial charge in [0.25, 0.3) is 0 Å². The van der Waals surface area contributed by atoms with E-state index in [0.29, 0.717) is 6.54 Å². The number of benzene rings is 1. The van der Waals surface area contributed by atoms with E-state index in [-0.39, 0.29) is 11.6 Å². The first-order chi connectivity index (χ1) is 12.5. The lowest BCUT2D eigenvalue weighted by Crippen LogP contribution is -2.47. The van der Waals surface area contributed by atoms with Gasteiger partial charge in [-0.1, -0.05) is 0 Å². The zero-order chi connectivity index (χ0) is 18.5. The van der Waals surface area contributed by atoms with Crippen LogP contribution in [0.5, 0.6) is 0 Å². The number of nitrogens with zero attached hydrogens (tertiary/aromatic N) is 3. The van der Waals surface area contributed by atoms with Gasteiger partial charge in [-0.25, -0.2) is 4.39 Å². The molecule has 4 nitrogen and oxygen atoms in total. The Morgan fingerprint density at radius 1 is 1.08 bits per heavy atom. The first kappa shape index (κ1) is 19.3. The van der Waals surface area contributed by atoms with Crippen LogP contribution in [0.15, 0.2) is 18.2 Å². The first-order valence-corrected chi connectivity index (χ1v) is 9.96. The normalized spacial score (nSPS) is 20.5. The molecular weight excluding hydrogens is 329 g/mol. The summed E-state index contributed by atoms with van der Waals surface area (Å²) in [5.41, 5.74) is 2.19. The molecule has 1 aromatic rings. The molecule has 0 bridgehead atoms. The van der Waals surface area contributed by atoms with E-state index in [0.717, 1.165) is 50.7 Å². The molecule has 0 atom stereocenters. The highest BCUT2D eigenvalue weighted by Gasteiger charge is 2.22. The van der Waals surface area contributed by atoms with Gasteiger partial charge in [-0.2, -0.15) is 0 Å². The predicted octanol–water partition coefficient (Wildman–Crippen LogP) is 2.95. The average Bonchev–Trinajstić information content (AvgIpc) is 2.61. The standard InChI is InChI=1S/C21H32FN3O/c1-17-15-20(22)3-4-21(17)25-13-11-23(12-14-25)8-5-19-6-9-24(10-7-19)16-18(2)26/h3-4,15,19H,5-14,16H2,1-2H3. The maximum absolute atomic E-state index is 13.3. The summed E-state index contributed by atoms with van der Waals surface area (Å²) in [6.07, 6.45) is 3.72. The highest BCUT2D eigenvalue weighted by Crippen LogP contribution is 2.24. The molecule has 2 aliphatic rings. The maximum atomic E-state index is 13.3. The van der Waals surface area contributed by atoms with Crippen molar-refractivity contribution in [1.82, 2.24) is 9.80 Å². The van der Waals surface area contributed by atoms with E-state index in [4.69, 9.17) is 0 Å². The van der Waals surface area contributed by atoms with Crippen molar-refractivity contribution in [1.29, 1.82) is 0 Å². The van der Waals surface area contributed by atoms with Crippen LogP contribution in [0.3, 0.4) is 0 Å². The van der Waals surface area contributed by atoms with Gasteiger partial charge in [0.1, 0.15) is 11.6 Å². The van der Waals surface area contributed by atoms with Crippen molar-refractivity contribution < 1.29 is 9.18 Å². The summed E-state index contributed by atoms with van der Waals surface area (Å²) < 4.78 is 13.3. The molecule has 0 N–H and O–H groups in total. The lowest BCUT2D eigenvalue weighted by atomic mass is 9.93. The van der Waals surface area contributed by atoms with Crippen molar-refractivity contribution in [2.75, 3.05) is 57.3 Å². The van der Waals surface area contributed by atoms with Gasteiger partial charge in [0, 0.05) is 31.9 Å². The number of halogens is 1. The number of carbonyl (C=O) groups excluding carboxylic acids is 1. The molecule has 26 heavy (non-hydrogen) atoms. The molecule has 5 heteroatoms. The minimum absolute atomic E-state index is 0.153. The number of piperazine rings is 1. The topological polar surface area (TPSA) is 26.8 Å². The molecule has 0 amide bonds. The van der Waals surface area contributed by atoms with Crippen molar-refractivity contribution in [3.05, 3.63) is 29.6 Å². The first-order valence-electron chi connectivity index (χ1n) is 9.96. The molecule has 1 aromatic carbocycles. The van der Waals surface area contributed by atoms with E-state index >= 15 is 0 Å². The van der Waals surface area contributed by atoms with Crippen molar-refractivity contribution in [3.63, 3.8) is 0 Å². The van der Waals surface area contributed by atoms with Crippen LogP contribution >= 0.6 is 0 Å². The maximum Gasteiger partial charge on any atom is 0.143 e. The fourth-order valence-electron chi connectivity index (χ4n) is 4.30. The van der Waals surface area contributed by atoms with Crippen LogP contribution in [0, 0.1) is 18.7 Å². The molecule has 0 aromatic heterocycles. The van der Waals surface area contributed by atoms with Crippen LogP contribution in [0.4, 0.5) is 10.1 Å². The van der Waals surface area contributed by atoms with Crippen LogP contribution < -0.4 is 4.90 Å². The van der Waals surface area contributed by atoms with Crippen LogP contribution in [0.25, 0.3) is 0 Å². The van der Waals surface area contributed by atoms with E-state index in [1.807, 2.05) is 13.0 Å². The van der Waals surface area contributed by atoms with Gasteiger partial charge in [-0.3, -0.25) is 14.6 Å². The Kier molecular flexibility index (Phi) is 6.65. The van der Waals surface area contributed by atoms with E-state index in [9.17, 15) is 9.18 Å². The highest BCUT2D eigenvalue weighted by atomic mass is 19.1. The fourth-order valence-corrected chi connectivity index (χ4v) is 4.30.